The van der Waals surface area contributed by atoms with Gasteiger partial charge in [-0.1, -0.05) is 89.3 Å². The van der Waals surface area contributed by atoms with Gasteiger partial charge in [-0.2, -0.15) is 0 Å². The van der Waals surface area contributed by atoms with E-state index in [2.05, 4.69) is 70.1 Å². The van der Waals surface area contributed by atoms with Crippen molar-refractivity contribution in [2.45, 2.75) is 89.9 Å². The van der Waals surface area contributed by atoms with Crippen LogP contribution in [0.4, 0.5) is 9.59 Å². The lowest BCUT2D eigenvalue weighted by atomic mass is 10.0. The van der Waals surface area contributed by atoms with Gasteiger partial charge in [0.05, 0.1) is 58.2 Å². The van der Waals surface area contributed by atoms with Crippen LogP contribution in [0.2, 0.25) is 19.1 Å². The van der Waals surface area contributed by atoms with Crippen molar-refractivity contribution in [2.24, 2.45) is 17.8 Å². The lowest BCUT2D eigenvalue weighted by Crippen LogP contribution is -2.52. The Kier molecular flexibility index (Phi) is 11.0. The summed E-state index contributed by atoms with van der Waals surface area (Å²) in [7, 11) is 0.860. The molecule has 0 unspecified atom stereocenters. The molecule has 2 aromatic carbocycles. The number of ether oxygens (including phenoxy) is 2. The van der Waals surface area contributed by atoms with Crippen LogP contribution in [0.3, 0.4) is 0 Å². The van der Waals surface area contributed by atoms with Gasteiger partial charge in [0.2, 0.25) is 11.8 Å². The van der Waals surface area contributed by atoms with Gasteiger partial charge < -0.3 is 39.9 Å². The van der Waals surface area contributed by atoms with E-state index in [-0.39, 0.29) is 41.8 Å². The monoisotopic (exact) mass is 794 g/mol. The number of nitrogens with zero attached hydrogens (tertiary/aromatic N) is 4. The Balaban J connectivity index is 1.02. The highest BCUT2D eigenvalue weighted by Gasteiger charge is 2.56. The molecule has 4 N–H and O–H groups in total. The van der Waals surface area contributed by atoms with Crippen LogP contribution in [-0.4, -0.2) is 100 Å². The third-order valence-corrected chi connectivity index (χ3v) is 14.4. The largest absolute Gasteiger partial charge is 0.453 e. The molecule has 2 saturated heterocycles. The number of likely N-dealkylation sites (tertiary alicyclic amines) is 1. The normalized spacial score (nSPS) is 21.9. The Morgan fingerprint density at radius 1 is 0.737 bits per heavy atom. The zero-order valence-corrected chi connectivity index (χ0v) is 35.0. The number of fused-ring (bicyclic) bond motifs is 1. The van der Waals surface area contributed by atoms with Gasteiger partial charge in [-0.05, 0) is 53.3 Å². The van der Waals surface area contributed by atoms with E-state index in [1.54, 1.807) is 0 Å². The summed E-state index contributed by atoms with van der Waals surface area (Å²) in [6, 6.07) is 15.9. The SMILES string of the molecule is COC(=O)N[C@H](C(=O)N1C[Si](C)(C)C[C@H]1c1ncc(-c2ccc(-c3ccc(-c4ncc([C@@H]5C[C@H]6C[C@H]6N5C(=O)[C@@H](NC(=O)OC)C(C)C)[nH]4)cc3)cc2)[nH]1)C(C)C. The molecule has 14 nitrogen and oxygen atoms in total. The van der Waals surface area contributed by atoms with Crippen molar-refractivity contribution in [3.63, 3.8) is 0 Å². The summed E-state index contributed by atoms with van der Waals surface area (Å²) in [5.74, 6) is 1.53. The molecule has 1 aliphatic carbocycles. The standard InChI is InChI=1S/C42H54N8O6Si/c1-23(2)35(47-41(53)55-5)39(51)49-22-57(7,8)21-34(49)38-44-19-30(45-38)27-13-9-25(10-14-27)26-11-15-28(16-12-26)37-43-20-31(46-37)33-18-29-17-32(29)50(33)40(52)36(24(3)4)48-42(54)56-6/h9-16,19-20,23-24,29,32-36H,17-18,21-22H2,1-8H3,(H,43,46)(H,44,45)(H,47,53)(H,48,54)/t29-,32-,33+,34+,35+,36+/m1/s1. The van der Waals surface area contributed by atoms with E-state index in [1.807, 2.05) is 62.0 Å². The van der Waals surface area contributed by atoms with E-state index in [4.69, 9.17) is 19.4 Å². The number of rotatable bonds is 11. The van der Waals surface area contributed by atoms with Crippen LogP contribution in [-0.2, 0) is 19.1 Å². The molecule has 1 saturated carbocycles. The number of alkyl carbamates (subject to hydrolysis) is 2. The number of piperidine rings is 1. The zero-order chi connectivity index (χ0) is 40.8. The van der Waals surface area contributed by atoms with Crippen molar-refractivity contribution in [1.82, 2.24) is 40.4 Å². The van der Waals surface area contributed by atoms with Crippen molar-refractivity contribution >= 4 is 32.1 Å². The highest BCUT2D eigenvalue weighted by Crippen LogP contribution is 2.53. The van der Waals surface area contributed by atoms with E-state index < -0.39 is 32.3 Å². The molecule has 3 fully saturated rings. The summed E-state index contributed by atoms with van der Waals surface area (Å²) in [4.78, 5) is 72.0. The van der Waals surface area contributed by atoms with Crippen molar-refractivity contribution in [3.8, 4) is 33.8 Å². The molecule has 0 bridgehead atoms. The fourth-order valence-corrected chi connectivity index (χ4v) is 11.4. The summed E-state index contributed by atoms with van der Waals surface area (Å²) in [6.45, 7) is 12.2. The fraction of sp³-hybridized carbons (Fsp3) is 0.476. The number of H-pyrrole nitrogens is 2. The molecule has 4 aromatic rings. The highest BCUT2D eigenvalue weighted by molar-refractivity contribution is 6.78. The van der Waals surface area contributed by atoms with Crippen LogP contribution in [0, 0.1) is 17.8 Å². The van der Waals surface area contributed by atoms with Gasteiger partial charge in [-0.25, -0.2) is 19.6 Å². The summed E-state index contributed by atoms with van der Waals surface area (Å²) in [6.07, 6.45) is 4.95. The molecule has 0 radical (unpaired) electrons. The van der Waals surface area contributed by atoms with Crippen LogP contribution < -0.4 is 10.6 Å². The number of aromatic nitrogens is 4. The van der Waals surface area contributed by atoms with Gasteiger partial charge in [-0.15, -0.1) is 0 Å². The Hall–Kier alpha value is -5.44. The van der Waals surface area contributed by atoms with Crippen LogP contribution in [0.25, 0.3) is 33.8 Å². The smallest absolute Gasteiger partial charge is 0.407 e. The second kappa shape index (κ2) is 15.8. The average Bonchev–Trinajstić information content (AvgIpc) is 3.65. The third kappa shape index (κ3) is 8.20. The number of amides is 4. The second-order valence-electron chi connectivity index (χ2n) is 17.1. The lowest BCUT2D eigenvalue weighted by molar-refractivity contribution is -0.137. The average molecular weight is 795 g/mol. The first kappa shape index (κ1) is 39.8. The molecule has 7 rings (SSSR count). The van der Waals surface area contributed by atoms with Gasteiger partial charge in [0.15, 0.2) is 0 Å². The maximum atomic E-state index is 13.8. The molecule has 6 atom stereocenters. The third-order valence-electron chi connectivity index (χ3n) is 11.7. The molecular formula is C42H54N8O6Si. The number of aromatic amines is 2. The number of carbonyl (C=O) groups is 4. The number of methoxy groups -OCH3 is 2. The van der Waals surface area contributed by atoms with Crippen molar-refractivity contribution in [3.05, 3.63) is 72.4 Å². The van der Waals surface area contributed by atoms with E-state index in [1.165, 1.54) is 14.2 Å². The zero-order valence-electron chi connectivity index (χ0n) is 34.0. The maximum absolute atomic E-state index is 13.8. The summed E-state index contributed by atoms with van der Waals surface area (Å²) in [5.41, 5.74) is 5.79. The van der Waals surface area contributed by atoms with Gasteiger partial charge in [0, 0.05) is 17.8 Å². The van der Waals surface area contributed by atoms with E-state index >= 15 is 0 Å². The molecule has 3 aliphatic rings. The van der Waals surface area contributed by atoms with Crippen molar-refractivity contribution in [1.29, 1.82) is 0 Å². The van der Waals surface area contributed by atoms with Crippen LogP contribution in [0.5, 0.6) is 0 Å². The molecule has 0 spiro atoms. The number of imidazole rings is 2. The second-order valence-corrected chi connectivity index (χ2v) is 22.2. The fourth-order valence-electron chi connectivity index (χ4n) is 8.50. The predicted molar refractivity (Wildman–Crippen MR) is 218 cm³/mol. The number of nitrogens with one attached hydrogen (secondary N) is 4. The first-order valence-corrected chi connectivity index (χ1v) is 23.2. The topological polar surface area (TPSA) is 175 Å². The molecule has 15 heteroatoms. The summed E-state index contributed by atoms with van der Waals surface area (Å²) >= 11 is 0. The minimum Gasteiger partial charge on any atom is -0.453 e. The van der Waals surface area contributed by atoms with Gasteiger partial charge in [0.1, 0.15) is 23.7 Å². The molecule has 57 heavy (non-hydrogen) atoms. The van der Waals surface area contributed by atoms with Gasteiger partial charge in [-0.3, -0.25) is 9.59 Å². The maximum Gasteiger partial charge on any atom is 0.407 e. The molecule has 302 valence electrons. The Labute approximate surface area is 334 Å². The number of hydrogen-bond donors (Lipinski definition) is 4. The van der Waals surface area contributed by atoms with Crippen LogP contribution in [0.1, 0.15) is 64.1 Å². The summed E-state index contributed by atoms with van der Waals surface area (Å²) < 4.78 is 9.60. The van der Waals surface area contributed by atoms with Crippen LogP contribution >= 0.6 is 0 Å². The first-order valence-electron chi connectivity index (χ1n) is 19.8. The predicted octanol–water partition coefficient (Wildman–Crippen LogP) is 6.69. The summed E-state index contributed by atoms with van der Waals surface area (Å²) in [5, 5.41) is 5.48. The number of carbonyl (C=O) groups excluding carboxylic acids is 4. The van der Waals surface area contributed by atoms with Crippen molar-refractivity contribution < 1.29 is 28.7 Å². The lowest BCUT2D eigenvalue weighted by Gasteiger charge is -2.32. The van der Waals surface area contributed by atoms with E-state index in [0.717, 1.165) is 64.2 Å². The highest BCUT2D eigenvalue weighted by atomic mass is 28.3. The molecular weight excluding hydrogens is 741 g/mol. The first-order chi connectivity index (χ1) is 27.2. The minimum absolute atomic E-state index is 0.0889. The Bertz CT molecular complexity index is 2110. The molecule has 2 aliphatic heterocycles. The number of hydrogen-bond acceptors (Lipinski definition) is 8. The minimum atomic E-state index is -1.74. The van der Waals surface area contributed by atoms with E-state index in [9.17, 15) is 19.2 Å². The van der Waals surface area contributed by atoms with Crippen LogP contribution in [0.15, 0.2) is 60.9 Å². The Morgan fingerprint density at radius 2 is 1.30 bits per heavy atom. The van der Waals surface area contributed by atoms with Crippen molar-refractivity contribution in [2.75, 3.05) is 20.4 Å². The van der Waals surface area contributed by atoms with Gasteiger partial charge in [0.25, 0.3) is 0 Å². The van der Waals surface area contributed by atoms with Gasteiger partial charge >= 0.3 is 12.2 Å². The quantitative estimate of drug-likeness (QED) is 0.122. The molecule has 4 amide bonds. The molecule has 4 heterocycles. The van der Waals surface area contributed by atoms with E-state index in [0.29, 0.717) is 12.1 Å². The number of benzene rings is 2. The molecule has 2 aromatic heterocycles. The Morgan fingerprint density at radius 3 is 1.88 bits per heavy atom.